The van der Waals surface area contributed by atoms with Crippen molar-refractivity contribution < 1.29 is 4.74 Å². The van der Waals surface area contributed by atoms with E-state index in [-0.39, 0.29) is 6.04 Å². The van der Waals surface area contributed by atoms with E-state index < -0.39 is 0 Å². The molecular formula is C14H20ClN3O. The van der Waals surface area contributed by atoms with Crippen molar-refractivity contribution in [3.8, 4) is 0 Å². The molecule has 0 saturated carbocycles. The minimum absolute atomic E-state index is 0.239. The summed E-state index contributed by atoms with van der Waals surface area (Å²) in [6.45, 7) is 4.87. The van der Waals surface area contributed by atoms with E-state index >= 15 is 0 Å². The van der Waals surface area contributed by atoms with Gasteiger partial charge in [-0.05, 0) is 25.0 Å². The Kier molecular flexibility index (Phi) is 4.77. The molecule has 0 aliphatic rings. The van der Waals surface area contributed by atoms with Gasteiger partial charge in [0.25, 0.3) is 0 Å². The lowest BCUT2D eigenvalue weighted by atomic mass is 10.1. The summed E-state index contributed by atoms with van der Waals surface area (Å²) < 4.78 is 7.48. The van der Waals surface area contributed by atoms with Gasteiger partial charge in [-0.3, -0.25) is 0 Å². The molecule has 0 aliphatic carbocycles. The third kappa shape index (κ3) is 2.74. The number of hydrogen-bond donors (Lipinski definition) is 0. The molecule has 0 spiro atoms. The average molecular weight is 282 g/mol. The van der Waals surface area contributed by atoms with Gasteiger partial charge in [0.2, 0.25) is 0 Å². The van der Waals surface area contributed by atoms with E-state index in [0.29, 0.717) is 12.5 Å². The van der Waals surface area contributed by atoms with Gasteiger partial charge in [-0.25, -0.2) is 9.97 Å². The van der Waals surface area contributed by atoms with Crippen LogP contribution in [0.25, 0.3) is 11.2 Å². The number of imidazole rings is 1. The summed E-state index contributed by atoms with van der Waals surface area (Å²) in [6.07, 6.45) is 3.93. The summed E-state index contributed by atoms with van der Waals surface area (Å²) in [5, 5.41) is 0. The SMILES string of the molecule is CCCC(COC)n1c(CCl)nc2c(C)ccnc21. The van der Waals surface area contributed by atoms with Gasteiger partial charge >= 0.3 is 0 Å². The number of rotatable bonds is 6. The van der Waals surface area contributed by atoms with Crippen LogP contribution in [-0.4, -0.2) is 28.3 Å². The number of nitrogens with zero attached hydrogens (tertiary/aromatic N) is 3. The molecule has 1 atom stereocenters. The van der Waals surface area contributed by atoms with E-state index in [1.807, 2.05) is 19.2 Å². The molecule has 0 bridgehead atoms. The van der Waals surface area contributed by atoms with Crippen LogP contribution >= 0.6 is 11.6 Å². The molecule has 0 saturated heterocycles. The van der Waals surface area contributed by atoms with E-state index in [4.69, 9.17) is 16.3 Å². The Labute approximate surface area is 118 Å². The zero-order chi connectivity index (χ0) is 13.8. The largest absolute Gasteiger partial charge is 0.383 e. The second-order valence-electron chi connectivity index (χ2n) is 4.73. The van der Waals surface area contributed by atoms with Crippen LogP contribution in [-0.2, 0) is 10.6 Å². The van der Waals surface area contributed by atoms with Crippen LogP contribution in [0.4, 0.5) is 0 Å². The molecule has 2 heterocycles. The first-order chi connectivity index (χ1) is 9.22. The van der Waals surface area contributed by atoms with Crippen LogP contribution in [0, 0.1) is 6.92 Å². The lowest BCUT2D eigenvalue weighted by Crippen LogP contribution is -2.17. The molecular weight excluding hydrogens is 262 g/mol. The predicted octanol–water partition coefficient (Wildman–Crippen LogP) is 3.47. The van der Waals surface area contributed by atoms with E-state index in [9.17, 15) is 0 Å². The van der Waals surface area contributed by atoms with Crippen molar-refractivity contribution in [3.63, 3.8) is 0 Å². The number of alkyl halides is 1. The molecule has 0 aliphatic heterocycles. The summed E-state index contributed by atoms with van der Waals surface area (Å²) in [4.78, 5) is 9.11. The Morgan fingerprint density at radius 2 is 2.26 bits per heavy atom. The highest BCUT2D eigenvalue weighted by molar-refractivity contribution is 6.16. The first kappa shape index (κ1) is 14.3. The van der Waals surface area contributed by atoms with Crippen LogP contribution in [0.15, 0.2) is 12.3 Å². The van der Waals surface area contributed by atoms with Crippen LogP contribution in [0.2, 0.25) is 0 Å². The lowest BCUT2D eigenvalue weighted by Gasteiger charge is -2.19. The number of ether oxygens (including phenoxy) is 1. The number of fused-ring (bicyclic) bond motifs is 1. The molecule has 0 radical (unpaired) electrons. The van der Waals surface area contributed by atoms with E-state index in [1.54, 1.807) is 7.11 Å². The zero-order valence-electron chi connectivity index (χ0n) is 11.7. The van der Waals surface area contributed by atoms with Crippen molar-refractivity contribution in [2.24, 2.45) is 0 Å². The highest BCUT2D eigenvalue weighted by atomic mass is 35.5. The van der Waals surface area contributed by atoms with Crippen molar-refractivity contribution in [2.45, 2.75) is 38.6 Å². The molecule has 1 unspecified atom stereocenters. The summed E-state index contributed by atoms with van der Waals surface area (Å²) in [6, 6.07) is 2.21. The number of halogens is 1. The number of methoxy groups -OCH3 is 1. The third-order valence-electron chi connectivity index (χ3n) is 3.32. The van der Waals surface area contributed by atoms with E-state index in [2.05, 4.69) is 21.5 Å². The maximum absolute atomic E-state index is 6.05. The average Bonchev–Trinajstić information content (AvgIpc) is 2.78. The van der Waals surface area contributed by atoms with Gasteiger partial charge in [-0.15, -0.1) is 11.6 Å². The molecule has 2 aromatic rings. The lowest BCUT2D eigenvalue weighted by molar-refractivity contribution is 0.151. The minimum atomic E-state index is 0.239. The van der Waals surface area contributed by atoms with Gasteiger partial charge in [0, 0.05) is 13.3 Å². The zero-order valence-corrected chi connectivity index (χ0v) is 12.4. The van der Waals surface area contributed by atoms with Gasteiger partial charge in [0.05, 0.1) is 18.5 Å². The summed E-state index contributed by atoms with van der Waals surface area (Å²) >= 11 is 6.05. The Morgan fingerprint density at radius 1 is 1.47 bits per heavy atom. The van der Waals surface area contributed by atoms with Crippen molar-refractivity contribution in [3.05, 3.63) is 23.7 Å². The maximum atomic E-state index is 6.05. The minimum Gasteiger partial charge on any atom is -0.383 e. The standard InChI is InChI=1S/C14H20ClN3O/c1-4-5-11(9-19-3)18-12(8-15)17-13-10(2)6-7-16-14(13)18/h6-7,11H,4-5,8-9H2,1-3H3. The number of aromatic nitrogens is 3. The molecule has 5 heteroatoms. The summed E-state index contributed by atoms with van der Waals surface area (Å²) in [5.74, 6) is 1.26. The fourth-order valence-corrected chi connectivity index (χ4v) is 2.63. The Bertz CT molecular complexity index is 547. The molecule has 19 heavy (non-hydrogen) atoms. The fourth-order valence-electron chi connectivity index (χ4n) is 2.45. The number of hydrogen-bond acceptors (Lipinski definition) is 3. The Hall–Kier alpha value is -1.13. The quantitative estimate of drug-likeness (QED) is 0.761. The monoisotopic (exact) mass is 281 g/mol. The van der Waals surface area contributed by atoms with Crippen LogP contribution < -0.4 is 0 Å². The molecule has 0 aromatic carbocycles. The molecule has 2 aromatic heterocycles. The number of aryl methyl sites for hydroxylation is 1. The van der Waals surface area contributed by atoms with E-state index in [0.717, 1.165) is 35.4 Å². The molecule has 104 valence electrons. The van der Waals surface area contributed by atoms with Crippen molar-refractivity contribution in [2.75, 3.05) is 13.7 Å². The smallest absolute Gasteiger partial charge is 0.160 e. The van der Waals surface area contributed by atoms with Gasteiger partial charge in [0.1, 0.15) is 11.3 Å². The molecule has 0 N–H and O–H groups in total. The van der Waals surface area contributed by atoms with Crippen molar-refractivity contribution in [1.82, 2.24) is 14.5 Å². The van der Waals surface area contributed by atoms with Gasteiger partial charge in [-0.1, -0.05) is 13.3 Å². The second kappa shape index (κ2) is 6.35. The van der Waals surface area contributed by atoms with Gasteiger partial charge < -0.3 is 9.30 Å². The second-order valence-corrected chi connectivity index (χ2v) is 5.00. The third-order valence-corrected chi connectivity index (χ3v) is 3.56. The Balaban J connectivity index is 2.58. The first-order valence-corrected chi connectivity index (χ1v) is 7.13. The molecule has 2 rings (SSSR count). The number of pyridine rings is 1. The fraction of sp³-hybridized carbons (Fsp3) is 0.571. The Morgan fingerprint density at radius 3 is 2.89 bits per heavy atom. The highest BCUT2D eigenvalue weighted by Crippen LogP contribution is 2.25. The van der Waals surface area contributed by atoms with Crippen molar-refractivity contribution >= 4 is 22.8 Å². The van der Waals surface area contributed by atoms with Gasteiger partial charge in [0.15, 0.2) is 5.65 Å². The summed E-state index contributed by atoms with van der Waals surface area (Å²) in [5.41, 5.74) is 2.98. The van der Waals surface area contributed by atoms with Crippen molar-refractivity contribution in [1.29, 1.82) is 0 Å². The first-order valence-electron chi connectivity index (χ1n) is 6.60. The van der Waals surface area contributed by atoms with Crippen LogP contribution in [0.5, 0.6) is 0 Å². The van der Waals surface area contributed by atoms with E-state index in [1.165, 1.54) is 0 Å². The normalized spacial score (nSPS) is 13.1. The predicted molar refractivity (Wildman–Crippen MR) is 77.6 cm³/mol. The highest BCUT2D eigenvalue weighted by Gasteiger charge is 2.19. The van der Waals surface area contributed by atoms with Gasteiger partial charge in [-0.2, -0.15) is 0 Å². The molecule has 0 fully saturated rings. The molecule has 4 nitrogen and oxygen atoms in total. The molecule has 0 amide bonds. The topological polar surface area (TPSA) is 39.9 Å². The maximum Gasteiger partial charge on any atom is 0.160 e. The van der Waals surface area contributed by atoms with Crippen LogP contribution in [0.3, 0.4) is 0 Å². The van der Waals surface area contributed by atoms with Crippen LogP contribution in [0.1, 0.15) is 37.2 Å². The summed E-state index contributed by atoms with van der Waals surface area (Å²) in [7, 11) is 1.72.